The zero-order valence-corrected chi connectivity index (χ0v) is 21.8. The van der Waals surface area contributed by atoms with Crippen molar-refractivity contribution in [2.45, 2.75) is 17.4 Å². The molecule has 0 bridgehead atoms. The third-order valence-electron chi connectivity index (χ3n) is 6.81. The van der Waals surface area contributed by atoms with Crippen molar-refractivity contribution in [3.05, 3.63) is 52.8 Å². The number of carbonyl (C=O) groups is 3. The summed E-state index contributed by atoms with van der Waals surface area (Å²) in [5.74, 6) is -0.825. The summed E-state index contributed by atoms with van der Waals surface area (Å²) in [7, 11) is -3.95. The maximum Gasteiger partial charge on any atom is 0.325 e. The van der Waals surface area contributed by atoms with Crippen LogP contribution in [0.25, 0.3) is 0 Å². The molecule has 0 saturated carbocycles. The van der Waals surface area contributed by atoms with Crippen molar-refractivity contribution >= 4 is 39.5 Å². The van der Waals surface area contributed by atoms with E-state index >= 15 is 0 Å². The summed E-state index contributed by atoms with van der Waals surface area (Å²) >= 11 is 5.73. The molecule has 4 amide bonds. The van der Waals surface area contributed by atoms with Gasteiger partial charge in [0.15, 0.2) is 11.5 Å². The van der Waals surface area contributed by atoms with Crippen LogP contribution in [0.3, 0.4) is 0 Å². The number of imide groups is 1. The van der Waals surface area contributed by atoms with Crippen molar-refractivity contribution in [3.8, 4) is 11.5 Å². The first kappa shape index (κ1) is 26.2. The van der Waals surface area contributed by atoms with Crippen molar-refractivity contribution in [1.82, 2.24) is 19.4 Å². The Balaban J connectivity index is 1.23. The van der Waals surface area contributed by atoms with Gasteiger partial charge in [-0.25, -0.2) is 17.6 Å². The highest BCUT2D eigenvalue weighted by atomic mass is 35.5. The van der Waals surface area contributed by atoms with Gasteiger partial charge in [0.05, 0.1) is 9.92 Å². The molecular formula is C24H24ClFN4O7S. The van der Waals surface area contributed by atoms with Crippen LogP contribution >= 0.6 is 11.6 Å². The van der Waals surface area contributed by atoms with Crippen LogP contribution in [0.15, 0.2) is 41.3 Å². The molecule has 0 aliphatic carbocycles. The normalized spacial score (nSPS) is 22.0. The molecule has 38 heavy (non-hydrogen) atoms. The summed E-state index contributed by atoms with van der Waals surface area (Å²) in [6.07, 6.45) is 0. The molecule has 0 spiro atoms. The Labute approximate surface area is 223 Å². The lowest BCUT2D eigenvalue weighted by molar-refractivity contribution is -0.139. The van der Waals surface area contributed by atoms with Crippen LogP contribution in [0.1, 0.15) is 12.5 Å². The smallest absolute Gasteiger partial charge is 0.325 e. The van der Waals surface area contributed by atoms with Crippen molar-refractivity contribution in [1.29, 1.82) is 0 Å². The molecule has 2 saturated heterocycles. The van der Waals surface area contributed by atoms with Gasteiger partial charge in [0, 0.05) is 26.2 Å². The van der Waals surface area contributed by atoms with E-state index in [0.717, 1.165) is 23.1 Å². The Kier molecular flexibility index (Phi) is 6.70. The highest BCUT2D eigenvalue weighted by molar-refractivity contribution is 7.89. The van der Waals surface area contributed by atoms with E-state index < -0.39 is 45.8 Å². The van der Waals surface area contributed by atoms with Crippen LogP contribution in [0, 0.1) is 5.82 Å². The highest BCUT2D eigenvalue weighted by Crippen LogP contribution is 2.37. The SMILES string of the molecule is CC1(c2ccc3c(c2)OCCO3)NC(=O)N(CC(=O)N2CCN(S(=O)(=O)c3ccc(F)c(Cl)c3)CC2)C1=O. The van der Waals surface area contributed by atoms with Gasteiger partial charge in [0.1, 0.15) is 31.1 Å². The number of benzene rings is 2. The van der Waals surface area contributed by atoms with Crippen LogP contribution < -0.4 is 14.8 Å². The summed E-state index contributed by atoms with van der Waals surface area (Å²) in [4.78, 5) is 41.1. The Morgan fingerprint density at radius 1 is 1.05 bits per heavy atom. The number of ether oxygens (including phenoxy) is 2. The van der Waals surface area contributed by atoms with Gasteiger partial charge in [0.2, 0.25) is 15.9 Å². The molecule has 2 aromatic carbocycles. The quantitative estimate of drug-likeness (QED) is 0.544. The van der Waals surface area contributed by atoms with Gasteiger partial charge in [0.25, 0.3) is 5.91 Å². The third kappa shape index (κ3) is 4.54. The molecule has 1 atom stereocenters. The second kappa shape index (κ2) is 9.71. The minimum absolute atomic E-state index is 0.0158. The minimum atomic E-state index is -3.95. The van der Waals surface area contributed by atoms with E-state index in [0.29, 0.717) is 30.3 Å². The molecular weight excluding hydrogens is 543 g/mol. The number of nitrogens with one attached hydrogen (secondary N) is 1. The predicted molar refractivity (Wildman–Crippen MR) is 132 cm³/mol. The number of hydrogen-bond donors (Lipinski definition) is 1. The highest BCUT2D eigenvalue weighted by Gasteiger charge is 2.50. The van der Waals surface area contributed by atoms with Gasteiger partial charge < -0.3 is 19.7 Å². The molecule has 2 aromatic rings. The van der Waals surface area contributed by atoms with Crippen molar-refractivity contribution in [2.24, 2.45) is 0 Å². The fraction of sp³-hybridized carbons (Fsp3) is 0.375. The maximum atomic E-state index is 13.5. The van der Waals surface area contributed by atoms with Crippen LogP contribution in [-0.4, -0.2) is 86.3 Å². The van der Waals surface area contributed by atoms with E-state index in [4.69, 9.17) is 21.1 Å². The predicted octanol–water partition coefficient (Wildman–Crippen LogP) is 1.55. The van der Waals surface area contributed by atoms with E-state index in [9.17, 15) is 27.2 Å². The minimum Gasteiger partial charge on any atom is -0.486 e. The second-order valence-corrected chi connectivity index (χ2v) is 11.5. The Morgan fingerprint density at radius 3 is 2.42 bits per heavy atom. The molecule has 2 fully saturated rings. The molecule has 5 rings (SSSR count). The Morgan fingerprint density at radius 2 is 1.74 bits per heavy atom. The van der Waals surface area contributed by atoms with Gasteiger partial charge >= 0.3 is 6.03 Å². The van der Waals surface area contributed by atoms with Gasteiger partial charge in [-0.3, -0.25) is 14.5 Å². The van der Waals surface area contributed by atoms with Crippen molar-refractivity contribution < 1.29 is 36.7 Å². The first-order chi connectivity index (χ1) is 18.0. The number of amides is 4. The van der Waals surface area contributed by atoms with E-state index in [-0.39, 0.29) is 36.1 Å². The molecule has 3 aliphatic rings. The van der Waals surface area contributed by atoms with Gasteiger partial charge in [-0.15, -0.1) is 0 Å². The average molecular weight is 567 g/mol. The standard InChI is InChI=1S/C24H24ClFN4O7S/c1-24(15-2-5-19-20(12-15)37-11-10-36-19)22(32)30(23(33)27-24)14-21(31)28-6-8-29(9-7-28)38(34,35)16-3-4-18(26)17(25)13-16/h2-5,12-13H,6-11,14H2,1H3,(H,27,33). The number of piperazine rings is 1. The van der Waals surface area contributed by atoms with Gasteiger partial charge in [-0.2, -0.15) is 4.31 Å². The number of nitrogens with zero attached hydrogens (tertiary/aromatic N) is 3. The Hall–Kier alpha value is -3.42. The lowest BCUT2D eigenvalue weighted by atomic mass is 9.91. The number of halogens is 2. The first-order valence-corrected chi connectivity index (χ1v) is 13.6. The van der Waals surface area contributed by atoms with Crippen LogP contribution in [0.5, 0.6) is 11.5 Å². The molecule has 1 N–H and O–H groups in total. The molecule has 3 heterocycles. The third-order valence-corrected chi connectivity index (χ3v) is 8.99. The number of sulfonamides is 1. The Bertz CT molecular complexity index is 1430. The number of fused-ring (bicyclic) bond motifs is 1. The molecule has 1 unspecified atom stereocenters. The summed E-state index contributed by atoms with van der Waals surface area (Å²) in [6, 6.07) is 7.39. The number of rotatable bonds is 5. The maximum absolute atomic E-state index is 13.5. The summed E-state index contributed by atoms with van der Waals surface area (Å²) in [5.41, 5.74) is -0.925. The molecule has 0 radical (unpaired) electrons. The fourth-order valence-electron chi connectivity index (χ4n) is 4.59. The van der Waals surface area contributed by atoms with E-state index in [2.05, 4.69) is 5.32 Å². The number of urea groups is 1. The summed E-state index contributed by atoms with van der Waals surface area (Å²) in [6.45, 7) is 1.90. The van der Waals surface area contributed by atoms with E-state index in [1.165, 1.54) is 9.21 Å². The zero-order chi connectivity index (χ0) is 27.2. The lowest BCUT2D eigenvalue weighted by Crippen LogP contribution is -2.53. The average Bonchev–Trinajstić information content (AvgIpc) is 3.13. The van der Waals surface area contributed by atoms with E-state index in [1.54, 1.807) is 25.1 Å². The van der Waals surface area contributed by atoms with Crippen molar-refractivity contribution in [2.75, 3.05) is 45.9 Å². The van der Waals surface area contributed by atoms with Crippen molar-refractivity contribution in [3.63, 3.8) is 0 Å². The largest absolute Gasteiger partial charge is 0.486 e. The first-order valence-electron chi connectivity index (χ1n) is 11.8. The molecule has 3 aliphatic heterocycles. The number of carbonyl (C=O) groups excluding carboxylic acids is 3. The topological polar surface area (TPSA) is 126 Å². The molecule has 11 nitrogen and oxygen atoms in total. The number of hydrogen-bond acceptors (Lipinski definition) is 7. The summed E-state index contributed by atoms with van der Waals surface area (Å²) in [5, 5.41) is 2.35. The summed E-state index contributed by atoms with van der Waals surface area (Å²) < 4.78 is 51.5. The molecule has 0 aromatic heterocycles. The zero-order valence-electron chi connectivity index (χ0n) is 20.3. The van der Waals surface area contributed by atoms with Gasteiger partial charge in [-0.1, -0.05) is 17.7 Å². The van der Waals surface area contributed by atoms with Crippen LogP contribution in [0.4, 0.5) is 9.18 Å². The molecule has 202 valence electrons. The van der Waals surface area contributed by atoms with Crippen LogP contribution in [-0.2, 0) is 25.2 Å². The van der Waals surface area contributed by atoms with Crippen LogP contribution in [0.2, 0.25) is 5.02 Å². The molecule has 14 heteroatoms. The van der Waals surface area contributed by atoms with Gasteiger partial charge in [-0.05, 0) is 42.8 Å². The fourth-order valence-corrected chi connectivity index (χ4v) is 6.28. The van der Waals surface area contributed by atoms with E-state index in [1.807, 2.05) is 0 Å². The monoisotopic (exact) mass is 566 g/mol. The second-order valence-electron chi connectivity index (χ2n) is 9.17. The lowest BCUT2D eigenvalue weighted by Gasteiger charge is -2.34.